The Morgan fingerprint density at radius 1 is 1.23 bits per heavy atom. The van der Waals surface area contributed by atoms with Crippen LogP contribution >= 0.6 is 15.9 Å². The maximum Gasteiger partial charge on any atom is 0.243 e. The average molecular weight is 438 g/mol. The van der Waals surface area contributed by atoms with Gasteiger partial charge in [-0.2, -0.15) is 4.31 Å². The van der Waals surface area contributed by atoms with Crippen LogP contribution in [0.1, 0.15) is 18.4 Å². The Labute approximate surface area is 161 Å². The third-order valence-electron chi connectivity index (χ3n) is 4.37. The molecule has 1 aliphatic heterocycles. The van der Waals surface area contributed by atoms with Crippen molar-refractivity contribution in [3.05, 3.63) is 52.6 Å². The number of hydrogen-bond donors (Lipinski definition) is 1. The lowest BCUT2D eigenvalue weighted by molar-refractivity contribution is -0.120. The van der Waals surface area contributed by atoms with E-state index in [-0.39, 0.29) is 17.3 Å². The monoisotopic (exact) mass is 437 g/mol. The van der Waals surface area contributed by atoms with E-state index in [2.05, 4.69) is 26.2 Å². The molecular formula is C18H20BrN3O3S. The van der Waals surface area contributed by atoms with Crippen LogP contribution in [0.5, 0.6) is 0 Å². The number of nitrogens with zero attached hydrogens (tertiary/aromatic N) is 2. The smallest absolute Gasteiger partial charge is 0.243 e. The summed E-state index contributed by atoms with van der Waals surface area (Å²) in [6, 6.07) is 10.1. The van der Waals surface area contributed by atoms with Crippen molar-refractivity contribution in [2.75, 3.05) is 18.4 Å². The van der Waals surface area contributed by atoms with E-state index in [4.69, 9.17) is 0 Å². The predicted molar refractivity (Wildman–Crippen MR) is 103 cm³/mol. The summed E-state index contributed by atoms with van der Waals surface area (Å²) in [5.41, 5.74) is 1.01. The van der Waals surface area contributed by atoms with Gasteiger partial charge in [0.25, 0.3) is 0 Å². The molecule has 1 saturated heterocycles. The van der Waals surface area contributed by atoms with Gasteiger partial charge < -0.3 is 5.32 Å². The van der Waals surface area contributed by atoms with E-state index in [0.717, 1.165) is 10.0 Å². The number of carbonyl (C=O) groups is 1. The number of benzene rings is 1. The summed E-state index contributed by atoms with van der Waals surface area (Å²) < 4.78 is 27.9. The number of aryl methyl sites for hydroxylation is 1. The van der Waals surface area contributed by atoms with E-state index in [9.17, 15) is 13.2 Å². The van der Waals surface area contributed by atoms with Crippen LogP contribution in [0.4, 0.5) is 5.82 Å². The lowest BCUT2D eigenvalue weighted by atomic mass is 9.99. The summed E-state index contributed by atoms with van der Waals surface area (Å²) in [6.07, 6.45) is 2.99. The van der Waals surface area contributed by atoms with E-state index < -0.39 is 15.9 Å². The Hall–Kier alpha value is -1.77. The fraction of sp³-hybridized carbons (Fsp3) is 0.333. The number of hydrogen-bond acceptors (Lipinski definition) is 4. The second-order valence-corrected chi connectivity index (χ2v) is 9.22. The van der Waals surface area contributed by atoms with Crippen LogP contribution in [0.2, 0.25) is 0 Å². The molecule has 138 valence electrons. The van der Waals surface area contributed by atoms with Gasteiger partial charge in [-0.3, -0.25) is 4.79 Å². The minimum atomic E-state index is -3.61. The number of rotatable bonds is 4. The van der Waals surface area contributed by atoms with E-state index in [1.54, 1.807) is 36.5 Å². The fourth-order valence-corrected chi connectivity index (χ4v) is 4.69. The molecule has 8 heteroatoms. The first-order valence-electron chi connectivity index (χ1n) is 8.35. The lowest BCUT2D eigenvalue weighted by Crippen LogP contribution is -2.43. The zero-order valence-corrected chi connectivity index (χ0v) is 16.8. The molecule has 1 fully saturated rings. The molecule has 0 spiro atoms. The van der Waals surface area contributed by atoms with Crippen molar-refractivity contribution in [3.8, 4) is 0 Å². The number of pyridine rings is 1. The number of sulfonamides is 1. The normalized spacial score (nSPS) is 18.5. The molecule has 0 bridgehead atoms. The molecule has 3 rings (SSSR count). The first-order chi connectivity index (χ1) is 12.4. The van der Waals surface area contributed by atoms with Crippen LogP contribution in [0.3, 0.4) is 0 Å². The molecule has 1 aromatic heterocycles. The highest BCUT2D eigenvalue weighted by Crippen LogP contribution is 2.25. The highest BCUT2D eigenvalue weighted by molar-refractivity contribution is 9.10. The highest BCUT2D eigenvalue weighted by atomic mass is 79.9. The number of piperidine rings is 1. The van der Waals surface area contributed by atoms with Crippen LogP contribution in [-0.2, 0) is 14.8 Å². The first-order valence-corrected chi connectivity index (χ1v) is 10.6. The highest BCUT2D eigenvalue weighted by Gasteiger charge is 2.33. The van der Waals surface area contributed by atoms with E-state index >= 15 is 0 Å². The quantitative estimate of drug-likeness (QED) is 0.796. The van der Waals surface area contributed by atoms with E-state index in [1.165, 1.54) is 4.31 Å². The van der Waals surface area contributed by atoms with Crippen molar-refractivity contribution in [1.29, 1.82) is 0 Å². The Kier molecular flexibility index (Phi) is 5.74. The van der Waals surface area contributed by atoms with Gasteiger partial charge in [0.15, 0.2) is 0 Å². The fourth-order valence-electron chi connectivity index (χ4n) is 2.90. The topological polar surface area (TPSA) is 79.4 Å². The van der Waals surface area contributed by atoms with Crippen LogP contribution in [0, 0.1) is 12.8 Å². The van der Waals surface area contributed by atoms with Crippen molar-refractivity contribution in [1.82, 2.24) is 9.29 Å². The summed E-state index contributed by atoms with van der Waals surface area (Å²) in [6.45, 7) is 2.52. The third-order valence-corrected chi connectivity index (χ3v) is 6.78. The summed E-state index contributed by atoms with van der Waals surface area (Å²) in [7, 11) is -3.61. The minimum Gasteiger partial charge on any atom is -0.310 e. The number of halogens is 1. The standard InChI is InChI=1S/C18H20BrN3O3S/c1-13-4-9-17(20-11-13)21-18(23)14-3-2-10-22(12-14)26(24,25)16-7-5-15(19)6-8-16/h4-9,11,14H,2-3,10,12H2,1H3,(H,20,21,23). The lowest BCUT2D eigenvalue weighted by Gasteiger charge is -2.31. The zero-order valence-electron chi connectivity index (χ0n) is 14.4. The predicted octanol–water partition coefficient (Wildman–Crippen LogP) is 3.19. The summed E-state index contributed by atoms with van der Waals surface area (Å²) in [4.78, 5) is 16.9. The molecule has 1 unspecified atom stereocenters. The van der Waals surface area contributed by atoms with Crippen molar-refractivity contribution in [2.24, 2.45) is 5.92 Å². The van der Waals surface area contributed by atoms with Gasteiger partial charge in [-0.05, 0) is 55.7 Å². The third kappa shape index (κ3) is 4.31. The molecule has 1 aromatic carbocycles. The minimum absolute atomic E-state index is 0.177. The second-order valence-electron chi connectivity index (χ2n) is 6.37. The zero-order chi connectivity index (χ0) is 18.7. The van der Waals surface area contributed by atoms with Gasteiger partial charge in [0, 0.05) is 23.8 Å². The summed E-state index contributed by atoms with van der Waals surface area (Å²) in [5, 5.41) is 2.78. The molecule has 2 heterocycles. The molecule has 2 aromatic rings. The molecule has 1 amide bonds. The van der Waals surface area contributed by atoms with Gasteiger partial charge in [0.05, 0.1) is 10.8 Å². The van der Waals surface area contributed by atoms with Gasteiger partial charge in [-0.1, -0.05) is 22.0 Å². The summed E-state index contributed by atoms with van der Waals surface area (Å²) >= 11 is 3.31. The Morgan fingerprint density at radius 2 is 1.96 bits per heavy atom. The van der Waals surface area contributed by atoms with Crippen molar-refractivity contribution < 1.29 is 13.2 Å². The molecule has 1 N–H and O–H groups in total. The first kappa shape index (κ1) is 19.0. The SMILES string of the molecule is Cc1ccc(NC(=O)C2CCCN(S(=O)(=O)c3ccc(Br)cc3)C2)nc1. The Morgan fingerprint density at radius 3 is 2.62 bits per heavy atom. The molecule has 6 nitrogen and oxygen atoms in total. The van der Waals surface area contributed by atoms with Crippen molar-refractivity contribution >= 4 is 37.7 Å². The van der Waals surface area contributed by atoms with Crippen molar-refractivity contribution in [3.63, 3.8) is 0 Å². The van der Waals surface area contributed by atoms with E-state index in [0.29, 0.717) is 25.2 Å². The number of nitrogens with one attached hydrogen (secondary N) is 1. The Balaban J connectivity index is 1.71. The van der Waals surface area contributed by atoms with Gasteiger partial charge in [0.2, 0.25) is 15.9 Å². The van der Waals surface area contributed by atoms with Crippen LogP contribution in [-0.4, -0.2) is 36.7 Å². The maximum absolute atomic E-state index is 12.8. The van der Waals surface area contributed by atoms with Gasteiger partial charge in [-0.25, -0.2) is 13.4 Å². The molecule has 0 radical (unpaired) electrons. The molecule has 0 aliphatic carbocycles. The molecule has 1 atom stereocenters. The maximum atomic E-state index is 12.8. The molecule has 26 heavy (non-hydrogen) atoms. The van der Waals surface area contributed by atoms with Crippen LogP contribution < -0.4 is 5.32 Å². The van der Waals surface area contributed by atoms with Crippen LogP contribution in [0.15, 0.2) is 52.0 Å². The number of aromatic nitrogens is 1. The summed E-state index contributed by atoms with van der Waals surface area (Å²) in [5.74, 6) is -0.109. The van der Waals surface area contributed by atoms with Gasteiger partial charge in [0.1, 0.15) is 5.82 Å². The molecular weight excluding hydrogens is 418 g/mol. The molecule has 0 saturated carbocycles. The number of carbonyl (C=O) groups excluding carboxylic acids is 1. The average Bonchev–Trinajstić information content (AvgIpc) is 2.64. The largest absolute Gasteiger partial charge is 0.310 e. The van der Waals surface area contributed by atoms with Crippen molar-refractivity contribution in [2.45, 2.75) is 24.7 Å². The Bertz CT molecular complexity index is 883. The van der Waals surface area contributed by atoms with E-state index in [1.807, 2.05) is 13.0 Å². The number of amides is 1. The molecule has 1 aliphatic rings. The van der Waals surface area contributed by atoms with Gasteiger partial charge in [-0.15, -0.1) is 0 Å². The van der Waals surface area contributed by atoms with Crippen LogP contribution in [0.25, 0.3) is 0 Å². The second kappa shape index (κ2) is 7.85. The van der Waals surface area contributed by atoms with Gasteiger partial charge >= 0.3 is 0 Å². The number of anilines is 1.